The first-order chi connectivity index (χ1) is 19.1. The highest BCUT2D eigenvalue weighted by atomic mass is 32.2. The third-order valence-corrected chi connectivity index (χ3v) is 8.96. The molecule has 0 amide bonds. The molecular weight excluding hydrogens is 549 g/mol. The lowest BCUT2D eigenvalue weighted by Gasteiger charge is -2.41. The number of nitrogens with one attached hydrogen (secondary N) is 1. The van der Waals surface area contributed by atoms with Crippen molar-refractivity contribution in [1.82, 2.24) is 19.7 Å². The number of halogens is 1. The van der Waals surface area contributed by atoms with Gasteiger partial charge in [0.1, 0.15) is 22.2 Å². The second-order valence-corrected chi connectivity index (χ2v) is 13.1. The lowest BCUT2D eigenvalue weighted by Crippen LogP contribution is -2.59. The molecule has 0 unspecified atom stereocenters. The maximum absolute atomic E-state index is 15.6. The summed E-state index contributed by atoms with van der Waals surface area (Å²) >= 11 is 1.30. The standard InChI is InChI=1S/C28H28FN7O2S2/c1-4-36(28-33-26(25(12-30)39-28)18-6-5-16(2)31-13-18)24-11-23(17-7-8-17)32-27-21(24)9-20(10-22(27)29)35-14-19(15-35)34-40(3,37)38/h5-6,9-11,13,17,19,34H,4,7-8,14-15H2,1-3H3. The van der Waals surface area contributed by atoms with Crippen molar-refractivity contribution in [3.63, 3.8) is 0 Å². The van der Waals surface area contributed by atoms with Gasteiger partial charge < -0.3 is 9.80 Å². The van der Waals surface area contributed by atoms with Crippen LogP contribution in [0, 0.1) is 24.1 Å². The van der Waals surface area contributed by atoms with E-state index in [2.05, 4.69) is 15.8 Å². The van der Waals surface area contributed by atoms with Gasteiger partial charge in [0, 0.05) is 59.8 Å². The minimum atomic E-state index is -3.32. The largest absolute Gasteiger partial charge is 0.368 e. The molecular formula is C28H28FN7O2S2. The summed E-state index contributed by atoms with van der Waals surface area (Å²) < 4.78 is 41.5. The molecule has 3 aromatic heterocycles. The fraction of sp³-hybridized carbons (Fsp3) is 0.357. The first kappa shape index (κ1) is 26.6. The number of fused-ring (bicyclic) bond motifs is 1. The lowest BCUT2D eigenvalue weighted by molar-refractivity contribution is 0.470. The molecule has 4 aromatic rings. The van der Waals surface area contributed by atoms with Crippen LogP contribution in [0.5, 0.6) is 0 Å². The molecule has 1 aliphatic carbocycles. The number of sulfonamides is 1. The van der Waals surface area contributed by atoms with Gasteiger partial charge in [-0.25, -0.2) is 27.5 Å². The van der Waals surface area contributed by atoms with E-state index in [0.29, 0.717) is 57.8 Å². The molecule has 0 atom stereocenters. The Morgan fingerprint density at radius 1 is 1.23 bits per heavy atom. The summed E-state index contributed by atoms with van der Waals surface area (Å²) in [5.41, 5.74) is 4.82. The van der Waals surface area contributed by atoms with Crippen molar-refractivity contribution in [2.24, 2.45) is 0 Å². The number of anilines is 3. The second kappa shape index (κ2) is 10.1. The van der Waals surface area contributed by atoms with Gasteiger partial charge >= 0.3 is 0 Å². The van der Waals surface area contributed by atoms with Crippen molar-refractivity contribution in [2.45, 2.75) is 38.6 Å². The number of hydrogen-bond acceptors (Lipinski definition) is 9. The quantitative estimate of drug-likeness (QED) is 0.316. The molecule has 9 nitrogen and oxygen atoms in total. The van der Waals surface area contributed by atoms with Crippen LogP contribution in [0.4, 0.5) is 20.9 Å². The SMILES string of the molecule is CCN(c1nc(-c2ccc(C)nc2)c(C#N)s1)c1cc(C2CC2)nc2c(F)cc(N3CC(NS(C)(=O)=O)C3)cc12. The monoisotopic (exact) mass is 577 g/mol. The molecule has 1 saturated carbocycles. The number of pyridine rings is 2. The van der Waals surface area contributed by atoms with Crippen LogP contribution in [0.25, 0.3) is 22.2 Å². The number of aromatic nitrogens is 3. The van der Waals surface area contributed by atoms with Crippen molar-refractivity contribution in [3.05, 3.63) is 58.6 Å². The fourth-order valence-electron chi connectivity index (χ4n) is 5.05. The van der Waals surface area contributed by atoms with E-state index in [1.807, 2.05) is 47.9 Å². The molecule has 6 rings (SSSR count). The smallest absolute Gasteiger partial charge is 0.209 e. The summed E-state index contributed by atoms with van der Waals surface area (Å²) in [4.78, 5) is 18.4. The van der Waals surface area contributed by atoms with E-state index in [1.165, 1.54) is 17.4 Å². The van der Waals surface area contributed by atoms with Gasteiger partial charge in [0.2, 0.25) is 10.0 Å². The van der Waals surface area contributed by atoms with Crippen molar-refractivity contribution in [2.75, 3.05) is 35.7 Å². The summed E-state index contributed by atoms with van der Waals surface area (Å²) in [6, 6.07) is 11.3. The van der Waals surface area contributed by atoms with E-state index in [9.17, 15) is 13.7 Å². The highest BCUT2D eigenvalue weighted by Crippen LogP contribution is 2.45. The molecule has 0 bridgehead atoms. The normalized spacial score (nSPS) is 15.7. The average molecular weight is 578 g/mol. The molecule has 0 radical (unpaired) electrons. The summed E-state index contributed by atoms with van der Waals surface area (Å²) in [6.45, 7) is 5.35. The Kier molecular flexibility index (Phi) is 6.68. The maximum Gasteiger partial charge on any atom is 0.209 e. The Hall–Kier alpha value is -3.66. The number of benzene rings is 1. The van der Waals surface area contributed by atoms with Crippen molar-refractivity contribution in [3.8, 4) is 17.3 Å². The number of hydrogen-bond donors (Lipinski definition) is 1. The average Bonchev–Trinajstić information content (AvgIpc) is 3.66. The first-order valence-corrected chi connectivity index (χ1v) is 15.8. The van der Waals surface area contributed by atoms with Gasteiger partial charge in [-0.1, -0.05) is 11.3 Å². The number of aryl methyl sites for hydroxylation is 1. The van der Waals surface area contributed by atoms with Crippen LogP contribution >= 0.6 is 11.3 Å². The molecule has 206 valence electrons. The predicted molar refractivity (Wildman–Crippen MR) is 155 cm³/mol. The second-order valence-electron chi connectivity index (χ2n) is 10.4. The van der Waals surface area contributed by atoms with E-state index in [4.69, 9.17) is 9.97 Å². The zero-order chi connectivity index (χ0) is 28.2. The van der Waals surface area contributed by atoms with Crippen LogP contribution in [0.3, 0.4) is 0 Å². The minimum absolute atomic E-state index is 0.217. The highest BCUT2D eigenvalue weighted by molar-refractivity contribution is 7.88. The van der Waals surface area contributed by atoms with Crippen LogP contribution in [-0.2, 0) is 10.0 Å². The van der Waals surface area contributed by atoms with Gasteiger partial charge in [-0.3, -0.25) is 4.98 Å². The molecule has 2 fully saturated rings. The fourth-order valence-corrected chi connectivity index (χ4v) is 6.76. The molecule has 2 aliphatic rings. The topological polar surface area (TPSA) is 115 Å². The zero-order valence-electron chi connectivity index (χ0n) is 22.3. The third-order valence-electron chi connectivity index (χ3n) is 7.21. The Balaban J connectivity index is 1.43. The van der Waals surface area contributed by atoms with Crippen molar-refractivity contribution in [1.29, 1.82) is 5.26 Å². The molecule has 4 heterocycles. The van der Waals surface area contributed by atoms with E-state index in [1.54, 1.807) is 6.20 Å². The highest BCUT2D eigenvalue weighted by Gasteiger charge is 2.32. The summed E-state index contributed by atoms with van der Waals surface area (Å²) in [7, 11) is -3.32. The number of nitrogens with zero attached hydrogens (tertiary/aromatic N) is 6. The first-order valence-electron chi connectivity index (χ1n) is 13.1. The third kappa shape index (κ3) is 5.12. The van der Waals surface area contributed by atoms with E-state index in [-0.39, 0.29) is 6.04 Å². The summed E-state index contributed by atoms with van der Waals surface area (Å²) in [5, 5.41) is 11.2. The molecule has 1 saturated heterocycles. The predicted octanol–water partition coefficient (Wildman–Crippen LogP) is 4.85. The molecule has 12 heteroatoms. The van der Waals surface area contributed by atoms with E-state index >= 15 is 4.39 Å². The van der Waals surface area contributed by atoms with Crippen LogP contribution in [0.1, 0.15) is 41.9 Å². The van der Waals surface area contributed by atoms with Gasteiger partial charge in [0.05, 0.1) is 18.0 Å². The van der Waals surface area contributed by atoms with Crippen LogP contribution < -0.4 is 14.5 Å². The van der Waals surface area contributed by atoms with Crippen LogP contribution in [-0.4, -0.2) is 55.3 Å². The molecule has 1 aromatic carbocycles. The molecule has 1 N–H and O–H groups in total. The van der Waals surface area contributed by atoms with Crippen molar-refractivity contribution < 1.29 is 12.8 Å². The Bertz CT molecular complexity index is 1760. The Morgan fingerprint density at radius 2 is 2.00 bits per heavy atom. The zero-order valence-corrected chi connectivity index (χ0v) is 24.0. The number of nitriles is 1. The van der Waals surface area contributed by atoms with E-state index in [0.717, 1.165) is 41.7 Å². The van der Waals surface area contributed by atoms with Crippen molar-refractivity contribution >= 4 is 48.8 Å². The number of thiazole rings is 1. The van der Waals surface area contributed by atoms with E-state index < -0.39 is 15.8 Å². The van der Waals surface area contributed by atoms with Gasteiger partial charge in [-0.2, -0.15) is 5.26 Å². The van der Waals surface area contributed by atoms with Gasteiger partial charge in [-0.05, 0) is 57.0 Å². The molecule has 1 aliphatic heterocycles. The maximum atomic E-state index is 15.6. The summed E-state index contributed by atoms with van der Waals surface area (Å²) in [5.74, 6) is -0.116. The Morgan fingerprint density at radius 3 is 2.62 bits per heavy atom. The summed E-state index contributed by atoms with van der Waals surface area (Å²) in [6.07, 6.45) is 4.90. The van der Waals surface area contributed by atoms with Gasteiger partial charge in [0.15, 0.2) is 10.9 Å². The molecule has 0 spiro atoms. The van der Waals surface area contributed by atoms with Gasteiger partial charge in [0.25, 0.3) is 0 Å². The minimum Gasteiger partial charge on any atom is -0.368 e. The lowest BCUT2D eigenvalue weighted by atomic mass is 10.0. The van der Waals surface area contributed by atoms with Crippen LogP contribution in [0.15, 0.2) is 36.5 Å². The molecule has 40 heavy (non-hydrogen) atoms. The number of rotatable bonds is 8. The Labute approximate surface area is 236 Å². The van der Waals surface area contributed by atoms with Crippen LogP contribution in [0.2, 0.25) is 0 Å². The van der Waals surface area contributed by atoms with Gasteiger partial charge in [-0.15, -0.1) is 0 Å².